The third-order valence-corrected chi connectivity index (χ3v) is 5.54. The maximum Gasteiger partial charge on any atom is 0.416 e. The number of carbonyl (C=O) groups is 3. The summed E-state index contributed by atoms with van der Waals surface area (Å²) in [5.41, 5.74) is -0.296. The summed E-state index contributed by atoms with van der Waals surface area (Å²) in [6, 6.07) is 16.1. The summed E-state index contributed by atoms with van der Waals surface area (Å²) < 4.78 is 38.6. The molecule has 0 saturated heterocycles. The standard InChI is InChI=1S/C24H14Cl2F3N3O3/c25-15-4-2-6-18(12-15)32-22(34)19(26)20(23(32)35)30-16-9-7-13(8-10-16)21(33)31-17-5-1-3-14(11-17)24(27,28)29/h1-12,30H,(H,31,33). The largest absolute Gasteiger partial charge is 0.416 e. The van der Waals surface area contributed by atoms with Crippen molar-refractivity contribution >= 4 is 58.0 Å². The average Bonchev–Trinajstić information content (AvgIpc) is 3.02. The average molecular weight is 520 g/mol. The molecule has 1 heterocycles. The summed E-state index contributed by atoms with van der Waals surface area (Å²) in [6.45, 7) is 0. The first kappa shape index (κ1) is 24.3. The van der Waals surface area contributed by atoms with Crippen LogP contribution in [0.2, 0.25) is 5.02 Å². The van der Waals surface area contributed by atoms with Crippen LogP contribution >= 0.6 is 23.2 Å². The molecular weight excluding hydrogens is 506 g/mol. The second-order valence-electron chi connectivity index (χ2n) is 7.35. The van der Waals surface area contributed by atoms with Crippen molar-refractivity contribution in [3.63, 3.8) is 0 Å². The van der Waals surface area contributed by atoms with Crippen LogP contribution in [0.3, 0.4) is 0 Å². The van der Waals surface area contributed by atoms with Crippen molar-refractivity contribution in [3.05, 3.63) is 99.7 Å². The van der Waals surface area contributed by atoms with E-state index >= 15 is 0 Å². The molecule has 0 aliphatic carbocycles. The lowest BCUT2D eigenvalue weighted by atomic mass is 10.1. The number of amides is 3. The normalized spacial score (nSPS) is 13.9. The first-order chi connectivity index (χ1) is 16.5. The van der Waals surface area contributed by atoms with Gasteiger partial charge in [-0.3, -0.25) is 14.4 Å². The summed E-state index contributed by atoms with van der Waals surface area (Å²) in [6.07, 6.45) is -4.54. The monoisotopic (exact) mass is 519 g/mol. The van der Waals surface area contributed by atoms with Crippen LogP contribution in [-0.2, 0) is 15.8 Å². The molecule has 0 saturated carbocycles. The molecule has 0 unspecified atom stereocenters. The third kappa shape index (κ3) is 5.16. The van der Waals surface area contributed by atoms with E-state index in [0.717, 1.165) is 17.0 Å². The van der Waals surface area contributed by atoms with E-state index in [-0.39, 0.29) is 27.7 Å². The van der Waals surface area contributed by atoms with Gasteiger partial charge in [0.1, 0.15) is 10.7 Å². The zero-order chi connectivity index (χ0) is 25.3. The Morgan fingerprint density at radius 1 is 0.829 bits per heavy atom. The van der Waals surface area contributed by atoms with Gasteiger partial charge in [0.25, 0.3) is 17.7 Å². The number of halogens is 5. The molecule has 2 N–H and O–H groups in total. The van der Waals surface area contributed by atoms with Crippen LogP contribution in [0.4, 0.5) is 30.2 Å². The molecule has 0 radical (unpaired) electrons. The van der Waals surface area contributed by atoms with Crippen LogP contribution in [0, 0.1) is 0 Å². The van der Waals surface area contributed by atoms with Gasteiger partial charge in [-0.1, -0.05) is 35.3 Å². The molecule has 1 aliphatic rings. The van der Waals surface area contributed by atoms with Crippen molar-refractivity contribution in [2.75, 3.05) is 15.5 Å². The van der Waals surface area contributed by atoms with Gasteiger partial charge in [0, 0.05) is 22.0 Å². The second kappa shape index (κ2) is 9.44. The van der Waals surface area contributed by atoms with Crippen LogP contribution in [0.25, 0.3) is 0 Å². The molecule has 35 heavy (non-hydrogen) atoms. The molecule has 0 bridgehead atoms. The van der Waals surface area contributed by atoms with Crippen LogP contribution < -0.4 is 15.5 Å². The van der Waals surface area contributed by atoms with Crippen LogP contribution in [-0.4, -0.2) is 17.7 Å². The highest BCUT2D eigenvalue weighted by Gasteiger charge is 2.39. The van der Waals surface area contributed by atoms with E-state index < -0.39 is 29.5 Å². The number of anilines is 3. The van der Waals surface area contributed by atoms with Gasteiger partial charge in [-0.15, -0.1) is 0 Å². The summed E-state index contributed by atoms with van der Waals surface area (Å²) in [5.74, 6) is -2.04. The smallest absolute Gasteiger partial charge is 0.350 e. The Hall–Kier alpha value is -3.82. The Balaban J connectivity index is 1.47. The van der Waals surface area contributed by atoms with Crippen LogP contribution in [0.5, 0.6) is 0 Å². The van der Waals surface area contributed by atoms with Crippen molar-refractivity contribution in [1.82, 2.24) is 0 Å². The number of benzene rings is 3. The predicted octanol–water partition coefficient (Wildman–Crippen LogP) is 6.05. The maximum absolute atomic E-state index is 12.9. The summed E-state index contributed by atoms with van der Waals surface area (Å²) in [7, 11) is 0. The van der Waals surface area contributed by atoms with E-state index in [0.29, 0.717) is 10.7 Å². The van der Waals surface area contributed by atoms with Crippen molar-refractivity contribution in [2.45, 2.75) is 6.18 Å². The number of carbonyl (C=O) groups excluding carboxylic acids is 3. The maximum atomic E-state index is 12.9. The molecule has 0 fully saturated rings. The molecule has 178 valence electrons. The van der Waals surface area contributed by atoms with E-state index in [1.807, 2.05) is 0 Å². The van der Waals surface area contributed by atoms with Crippen molar-refractivity contribution in [2.24, 2.45) is 0 Å². The highest BCUT2D eigenvalue weighted by atomic mass is 35.5. The van der Waals surface area contributed by atoms with Gasteiger partial charge in [-0.05, 0) is 60.7 Å². The highest BCUT2D eigenvalue weighted by molar-refractivity contribution is 6.53. The minimum absolute atomic E-state index is 0.0138. The van der Waals surface area contributed by atoms with Gasteiger partial charge < -0.3 is 10.6 Å². The first-order valence-electron chi connectivity index (χ1n) is 9.94. The first-order valence-corrected chi connectivity index (χ1v) is 10.7. The van der Waals surface area contributed by atoms with Crippen molar-refractivity contribution in [1.29, 1.82) is 0 Å². The zero-order valence-electron chi connectivity index (χ0n) is 17.5. The Morgan fingerprint density at radius 2 is 1.51 bits per heavy atom. The number of hydrogen-bond donors (Lipinski definition) is 2. The SMILES string of the molecule is O=C(Nc1cccc(C(F)(F)F)c1)c1ccc(NC2=C(Cl)C(=O)N(c3cccc(Cl)c3)C2=O)cc1. The molecular formula is C24H14Cl2F3N3O3. The van der Waals surface area contributed by atoms with Gasteiger partial charge in [-0.2, -0.15) is 13.2 Å². The molecule has 0 spiro atoms. The fraction of sp³-hybridized carbons (Fsp3) is 0.0417. The van der Waals surface area contributed by atoms with Gasteiger partial charge in [0.2, 0.25) is 0 Å². The quantitative estimate of drug-likeness (QED) is 0.402. The van der Waals surface area contributed by atoms with E-state index in [1.54, 1.807) is 12.1 Å². The topological polar surface area (TPSA) is 78.5 Å². The second-order valence-corrected chi connectivity index (χ2v) is 8.16. The van der Waals surface area contributed by atoms with Crippen molar-refractivity contribution in [3.8, 4) is 0 Å². The zero-order valence-corrected chi connectivity index (χ0v) is 19.0. The highest BCUT2D eigenvalue weighted by Crippen LogP contribution is 2.32. The molecule has 3 aromatic carbocycles. The molecule has 1 aliphatic heterocycles. The van der Waals surface area contributed by atoms with Gasteiger partial charge >= 0.3 is 6.18 Å². The van der Waals surface area contributed by atoms with Gasteiger partial charge in [-0.25, -0.2) is 4.90 Å². The summed E-state index contributed by atoms with van der Waals surface area (Å²) in [5, 5.41) is 5.19. The number of alkyl halides is 3. The number of nitrogens with zero attached hydrogens (tertiary/aromatic N) is 1. The fourth-order valence-corrected chi connectivity index (χ4v) is 3.68. The predicted molar refractivity (Wildman–Crippen MR) is 126 cm³/mol. The lowest BCUT2D eigenvalue weighted by Gasteiger charge is -2.15. The van der Waals surface area contributed by atoms with Crippen LogP contribution in [0.1, 0.15) is 15.9 Å². The lowest BCUT2D eigenvalue weighted by molar-refractivity contribution is -0.137. The summed E-state index contributed by atoms with van der Waals surface area (Å²) >= 11 is 12.0. The summed E-state index contributed by atoms with van der Waals surface area (Å²) in [4.78, 5) is 38.7. The minimum Gasteiger partial charge on any atom is -0.350 e. The number of nitrogens with one attached hydrogen (secondary N) is 2. The Bertz CT molecular complexity index is 1370. The minimum atomic E-state index is -4.54. The molecule has 3 amide bonds. The number of rotatable bonds is 5. The molecule has 4 rings (SSSR count). The molecule has 11 heteroatoms. The van der Waals surface area contributed by atoms with Crippen LogP contribution in [0.15, 0.2) is 83.5 Å². The van der Waals surface area contributed by atoms with E-state index in [2.05, 4.69) is 10.6 Å². The molecule has 6 nitrogen and oxygen atoms in total. The number of imide groups is 1. The van der Waals surface area contributed by atoms with E-state index in [9.17, 15) is 27.6 Å². The third-order valence-electron chi connectivity index (χ3n) is 4.96. The van der Waals surface area contributed by atoms with E-state index in [1.165, 1.54) is 48.5 Å². The Labute approximate surface area is 206 Å². The molecule has 0 aromatic heterocycles. The lowest BCUT2D eigenvalue weighted by Crippen LogP contribution is -2.32. The van der Waals surface area contributed by atoms with Gasteiger partial charge in [0.05, 0.1) is 11.3 Å². The Morgan fingerprint density at radius 3 is 2.17 bits per heavy atom. The molecule has 3 aromatic rings. The van der Waals surface area contributed by atoms with E-state index in [4.69, 9.17) is 23.2 Å². The fourth-order valence-electron chi connectivity index (χ4n) is 3.29. The molecule has 0 atom stereocenters. The number of hydrogen-bond acceptors (Lipinski definition) is 4. The Kier molecular flexibility index (Phi) is 6.56. The van der Waals surface area contributed by atoms with Gasteiger partial charge in [0.15, 0.2) is 0 Å². The van der Waals surface area contributed by atoms with Crippen molar-refractivity contribution < 1.29 is 27.6 Å².